The molecule has 1 amide bonds. The van der Waals surface area contributed by atoms with Crippen molar-refractivity contribution in [3.63, 3.8) is 0 Å². The lowest BCUT2D eigenvalue weighted by Crippen LogP contribution is -2.41. The molecule has 4 rings (SSSR count). The molecule has 0 aliphatic carbocycles. The van der Waals surface area contributed by atoms with E-state index >= 15 is 0 Å². The van der Waals surface area contributed by atoms with Crippen LogP contribution >= 0.6 is 0 Å². The molecule has 0 bridgehead atoms. The number of rotatable bonds is 6. The number of fused-ring (bicyclic) bond motifs is 1. The van der Waals surface area contributed by atoms with E-state index < -0.39 is 15.9 Å². The zero-order valence-electron chi connectivity index (χ0n) is 17.6. The summed E-state index contributed by atoms with van der Waals surface area (Å²) >= 11 is 0. The molecular formula is C22H24N4O5S. The van der Waals surface area contributed by atoms with Crippen molar-refractivity contribution in [3.8, 4) is 17.1 Å². The van der Waals surface area contributed by atoms with Gasteiger partial charge in [0.25, 0.3) is 5.56 Å². The SMILES string of the molecule is CCOc1ccc(S(=O)(=O)N2CCC(C(N)=O)CC2)cc1-c1nc2ccccc2c(=O)[nH]1. The molecule has 1 aliphatic rings. The van der Waals surface area contributed by atoms with Crippen LogP contribution in [0.5, 0.6) is 5.75 Å². The first kappa shape index (κ1) is 22.0. The van der Waals surface area contributed by atoms with Gasteiger partial charge < -0.3 is 15.5 Å². The van der Waals surface area contributed by atoms with Crippen molar-refractivity contribution in [2.24, 2.45) is 11.7 Å². The number of nitrogens with one attached hydrogen (secondary N) is 1. The number of piperidine rings is 1. The number of amides is 1. The van der Waals surface area contributed by atoms with E-state index in [2.05, 4.69) is 9.97 Å². The minimum absolute atomic E-state index is 0.0595. The number of hydrogen-bond acceptors (Lipinski definition) is 6. The number of ether oxygens (including phenoxy) is 1. The normalized spacial score (nSPS) is 15.7. The van der Waals surface area contributed by atoms with Crippen LogP contribution in [0.1, 0.15) is 19.8 Å². The predicted octanol–water partition coefficient (Wildman–Crippen LogP) is 1.87. The molecule has 1 aromatic heterocycles. The van der Waals surface area contributed by atoms with E-state index in [-0.39, 0.29) is 35.3 Å². The minimum Gasteiger partial charge on any atom is -0.493 e. The van der Waals surface area contributed by atoms with Crippen LogP contribution in [0.25, 0.3) is 22.3 Å². The minimum atomic E-state index is -3.82. The molecule has 10 heteroatoms. The van der Waals surface area contributed by atoms with E-state index in [1.54, 1.807) is 30.3 Å². The van der Waals surface area contributed by atoms with Gasteiger partial charge in [0.2, 0.25) is 15.9 Å². The third kappa shape index (κ3) is 4.11. The maximum atomic E-state index is 13.3. The number of benzene rings is 2. The molecule has 2 heterocycles. The number of hydrogen-bond donors (Lipinski definition) is 2. The highest BCUT2D eigenvalue weighted by atomic mass is 32.2. The number of primary amides is 1. The van der Waals surface area contributed by atoms with Gasteiger partial charge in [-0.05, 0) is 50.1 Å². The Hall–Kier alpha value is -3.24. The second-order valence-electron chi connectivity index (χ2n) is 7.60. The fraction of sp³-hybridized carbons (Fsp3) is 0.318. The van der Waals surface area contributed by atoms with Crippen LogP contribution in [0.4, 0.5) is 0 Å². The van der Waals surface area contributed by atoms with E-state index in [4.69, 9.17) is 10.5 Å². The molecular weight excluding hydrogens is 432 g/mol. The summed E-state index contributed by atoms with van der Waals surface area (Å²) in [6.45, 7) is 2.60. The summed E-state index contributed by atoms with van der Waals surface area (Å²) in [4.78, 5) is 31.3. The van der Waals surface area contributed by atoms with Crippen LogP contribution in [0.2, 0.25) is 0 Å². The van der Waals surface area contributed by atoms with Gasteiger partial charge >= 0.3 is 0 Å². The first-order chi connectivity index (χ1) is 15.3. The summed E-state index contributed by atoms with van der Waals surface area (Å²) in [5.74, 6) is -0.0834. The smallest absolute Gasteiger partial charge is 0.259 e. The first-order valence-electron chi connectivity index (χ1n) is 10.4. The van der Waals surface area contributed by atoms with Crippen molar-refractivity contribution >= 4 is 26.8 Å². The second kappa shape index (κ2) is 8.71. The monoisotopic (exact) mass is 456 g/mol. The molecule has 3 N–H and O–H groups in total. The van der Waals surface area contributed by atoms with Gasteiger partial charge in [0.15, 0.2) is 0 Å². The van der Waals surface area contributed by atoms with Crippen LogP contribution in [-0.4, -0.2) is 48.3 Å². The second-order valence-corrected chi connectivity index (χ2v) is 9.54. The highest BCUT2D eigenvalue weighted by Crippen LogP contribution is 2.32. The Labute approximate surface area is 185 Å². The number of carbonyl (C=O) groups is 1. The summed E-state index contributed by atoms with van der Waals surface area (Å²) < 4.78 is 33.6. The van der Waals surface area contributed by atoms with Crippen molar-refractivity contribution < 1.29 is 17.9 Å². The average molecular weight is 457 g/mol. The molecule has 9 nitrogen and oxygen atoms in total. The molecule has 1 fully saturated rings. The topological polar surface area (TPSA) is 135 Å². The Bertz CT molecular complexity index is 1330. The zero-order valence-corrected chi connectivity index (χ0v) is 18.4. The Kier molecular flexibility index (Phi) is 5.98. The van der Waals surface area contributed by atoms with Crippen LogP contribution < -0.4 is 16.0 Å². The first-order valence-corrected chi connectivity index (χ1v) is 11.8. The maximum Gasteiger partial charge on any atom is 0.259 e. The molecule has 32 heavy (non-hydrogen) atoms. The van der Waals surface area contributed by atoms with Gasteiger partial charge in [0.1, 0.15) is 11.6 Å². The molecule has 1 saturated heterocycles. The quantitative estimate of drug-likeness (QED) is 0.581. The summed E-state index contributed by atoms with van der Waals surface area (Å²) in [5, 5.41) is 0.440. The fourth-order valence-corrected chi connectivity index (χ4v) is 5.38. The molecule has 0 spiro atoms. The Balaban J connectivity index is 1.76. The standard InChI is InChI=1S/C22H24N4O5S/c1-2-31-19-8-7-15(32(29,30)26-11-9-14(10-12-26)20(23)27)13-17(19)21-24-18-6-4-3-5-16(18)22(28)25-21/h3-8,13-14H,2,9-12H2,1H3,(H2,23,27)(H,24,25,28). The van der Waals surface area contributed by atoms with E-state index in [0.29, 0.717) is 41.7 Å². The van der Waals surface area contributed by atoms with Crippen molar-refractivity contribution in [1.82, 2.24) is 14.3 Å². The van der Waals surface area contributed by atoms with Gasteiger partial charge in [-0.15, -0.1) is 0 Å². The largest absolute Gasteiger partial charge is 0.493 e. The van der Waals surface area contributed by atoms with Gasteiger partial charge in [-0.1, -0.05) is 12.1 Å². The van der Waals surface area contributed by atoms with Gasteiger partial charge in [0, 0.05) is 19.0 Å². The molecule has 0 radical (unpaired) electrons. The number of H-pyrrole nitrogens is 1. The van der Waals surface area contributed by atoms with E-state index in [1.807, 2.05) is 6.92 Å². The highest BCUT2D eigenvalue weighted by molar-refractivity contribution is 7.89. The number of aromatic nitrogens is 2. The molecule has 0 unspecified atom stereocenters. The van der Waals surface area contributed by atoms with Crippen LogP contribution in [-0.2, 0) is 14.8 Å². The number of carbonyl (C=O) groups excluding carboxylic acids is 1. The third-order valence-electron chi connectivity index (χ3n) is 5.61. The lowest BCUT2D eigenvalue weighted by atomic mass is 9.98. The van der Waals surface area contributed by atoms with E-state index in [1.165, 1.54) is 16.4 Å². The summed E-state index contributed by atoms with van der Waals surface area (Å²) in [5.41, 5.74) is 5.91. The molecule has 1 aliphatic heterocycles. The highest BCUT2D eigenvalue weighted by Gasteiger charge is 2.32. The number of para-hydroxylation sites is 1. The zero-order chi connectivity index (χ0) is 22.9. The predicted molar refractivity (Wildman–Crippen MR) is 120 cm³/mol. The van der Waals surface area contributed by atoms with Gasteiger partial charge in [0.05, 0.1) is 28.0 Å². The molecule has 2 aromatic carbocycles. The Morgan fingerprint density at radius 2 is 1.94 bits per heavy atom. The molecule has 0 saturated carbocycles. The van der Waals surface area contributed by atoms with Gasteiger partial charge in [-0.25, -0.2) is 13.4 Å². The fourth-order valence-electron chi connectivity index (χ4n) is 3.88. The Morgan fingerprint density at radius 1 is 1.22 bits per heavy atom. The van der Waals surface area contributed by atoms with Crippen molar-refractivity contribution in [2.45, 2.75) is 24.7 Å². The number of sulfonamides is 1. The lowest BCUT2D eigenvalue weighted by molar-refractivity contribution is -0.122. The maximum absolute atomic E-state index is 13.3. The van der Waals surface area contributed by atoms with Crippen LogP contribution in [0.3, 0.4) is 0 Å². The van der Waals surface area contributed by atoms with Crippen molar-refractivity contribution in [3.05, 3.63) is 52.8 Å². The average Bonchev–Trinajstić information content (AvgIpc) is 2.79. The summed E-state index contributed by atoms with van der Waals surface area (Å²) in [6.07, 6.45) is 0.774. The molecule has 3 aromatic rings. The summed E-state index contributed by atoms with van der Waals surface area (Å²) in [6, 6.07) is 11.4. The Morgan fingerprint density at radius 3 is 2.62 bits per heavy atom. The van der Waals surface area contributed by atoms with E-state index in [9.17, 15) is 18.0 Å². The van der Waals surface area contributed by atoms with Crippen LogP contribution in [0.15, 0.2) is 52.2 Å². The molecule has 168 valence electrons. The van der Waals surface area contributed by atoms with Gasteiger partial charge in [-0.2, -0.15) is 4.31 Å². The van der Waals surface area contributed by atoms with Crippen molar-refractivity contribution in [1.29, 1.82) is 0 Å². The summed E-state index contributed by atoms with van der Waals surface area (Å²) in [7, 11) is -3.82. The molecule has 0 atom stereocenters. The third-order valence-corrected chi connectivity index (χ3v) is 7.51. The number of nitrogens with zero attached hydrogens (tertiary/aromatic N) is 2. The van der Waals surface area contributed by atoms with Crippen LogP contribution in [0, 0.1) is 5.92 Å². The van der Waals surface area contributed by atoms with Crippen molar-refractivity contribution in [2.75, 3.05) is 19.7 Å². The van der Waals surface area contributed by atoms with Gasteiger partial charge in [-0.3, -0.25) is 9.59 Å². The number of nitrogens with two attached hydrogens (primary N) is 1. The van der Waals surface area contributed by atoms with E-state index in [0.717, 1.165) is 0 Å². The number of aromatic amines is 1. The lowest BCUT2D eigenvalue weighted by Gasteiger charge is -2.29.